The van der Waals surface area contributed by atoms with E-state index in [1.807, 2.05) is 18.4 Å². The first-order chi connectivity index (χ1) is 11.6. The molecule has 3 aromatic rings. The van der Waals surface area contributed by atoms with Crippen molar-refractivity contribution in [2.45, 2.75) is 31.6 Å². The highest BCUT2D eigenvalue weighted by Crippen LogP contribution is 2.39. The number of H-pyrrole nitrogens is 1. The molecule has 0 aliphatic heterocycles. The van der Waals surface area contributed by atoms with Crippen molar-refractivity contribution in [3.8, 4) is 5.82 Å². The Balaban J connectivity index is 1.45. The van der Waals surface area contributed by atoms with E-state index in [4.69, 9.17) is 11.6 Å². The molecule has 3 aromatic heterocycles. The van der Waals surface area contributed by atoms with Crippen molar-refractivity contribution in [3.05, 3.63) is 39.6 Å². The van der Waals surface area contributed by atoms with Crippen LogP contribution in [0.2, 0.25) is 4.47 Å². The predicted molar refractivity (Wildman–Crippen MR) is 91.9 cm³/mol. The first-order valence-electron chi connectivity index (χ1n) is 7.62. The van der Waals surface area contributed by atoms with Gasteiger partial charge in [-0.3, -0.25) is 9.89 Å². The van der Waals surface area contributed by atoms with Gasteiger partial charge in [0, 0.05) is 29.1 Å². The Morgan fingerprint density at radius 2 is 2.38 bits per heavy atom. The number of thiazole rings is 1. The molecule has 24 heavy (non-hydrogen) atoms. The van der Waals surface area contributed by atoms with Gasteiger partial charge in [0.2, 0.25) is 5.91 Å². The van der Waals surface area contributed by atoms with Gasteiger partial charge in [0.1, 0.15) is 5.82 Å². The number of carbonyl (C=O) groups is 1. The first kappa shape index (κ1) is 15.3. The van der Waals surface area contributed by atoms with Crippen molar-refractivity contribution in [3.63, 3.8) is 0 Å². The second kappa shape index (κ2) is 6.03. The van der Waals surface area contributed by atoms with Crippen LogP contribution in [0.1, 0.15) is 42.9 Å². The zero-order valence-corrected chi connectivity index (χ0v) is 14.4. The number of nitrogens with one attached hydrogen (secondary N) is 2. The summed E-state index contributed by atoms with van der Waals surface area (Å²) >= 11 is 7.18. The molecule has 0 spiro atoms. The lowest BCUT2D eigenvalue weighted by molar-refractivity contribution is -0.117. The molecule has 7 nitrogen and oxygen atoms in total. The van der Waals surface area contributed by atoms with Crippen LogP contribution < -0.4 is 5.32 Å². The van der Waals surface area contributed by atoms with Gasteiger partial charge in [-0.2, -0.15) is 10.2 Å². The minimum atomic E-state index is -0.347. The summed E-state index contributed by atoms with van der Waals surface area (Å²) in [4.78, 5) is 16.6. The Hall–Kier alpha value is -2.19. The molecule has 9 heteroatoms. The van der Waals surface area contributed by atoms with Crippen molar-refractivity contribution in [2.24, 2.45) is 0 Å². The lowest BCUT2D eigenvalue weighted by Gasteiger charge is -2.08. The normalized spacial score (nSPS) is 15.4. The van der Waals surface area contributed by atoms with E-state index in [9.17, 15) is 4.79 Å². The predicted octanol–water partition coefficient (Wildman–Crippen LogP) is 3.32. The molecule has 1 aliphatic rings. The van der Waals surface area contributed by atoms with E-state index in [0.717, 1.165) is 11.3 Å². The van der Waals surface area contributed by atoms with Gasteiger partial charge in [0.05, 0.1) is 17.8 Å². The van der Waals surface area contributed by atoms with Crippen LogP contribution in [0, 0.1) is 0 Å². The van der Waals surface area contributed by atoms with E-state index in [2.05, 4.69) is 25.6 Å². The van der Waals surface area contributed by atoms with Gasteiger partial charge >= 0.3 is 0 Å². The number of hydrogen-bond acceptors (Lipinski definition) is 5. The molecule has 1 aliphatic carbocycles. The Morgan fingerprint density at radius 1 is 1.54 bits per heavy atom. The quantitative estimate of drug-likeness (QED) is 0.728. The molecule has 1 amide bonds. The third kappa shape index (κ3) is 3.07. The summed E-state index contributed by atoms with van der Waals surface area (Å²) in [5.41, 5.74) is 1.82. The van der Waals surface area contributed by atoms with Crippen LogP contribution >= 0.6 is 22.9 Å². The molecular formula is C15H15ClN6OS. The third-order valence-electron chi connectivity index (χ3n) is 4.05. The van der Waals surface area contributed by atoms with Crippen LogP contribution in [0.25, 0.3) is 5.82 Å². The molecule has 4 rings (SSSR count). The molecule has 1 saturated carbocycles. The van der Waals surface area contributed by atoms with Crippen molar-refractivity contribution in [1.29, 1.82) is 0 Å². The number of hydrogen-bond donors (Lipinski definition) is 2. The standard InChI is InChI=1S/C15H15ClN6OS/c1-8(10-5-17-22(6-10)13-7-24-15(16)19-13)14(23)18-12-4-11(20-21-12)9-2-3-9/h4-9H,2-3H2,1H3,(H2,18,20,21,23)/t8-/m1/s1. The van der Waals surface area contributed by atoms with Gasteiger partial charge in [-0.15, -0.1) is 11.3 Å². The molecule has 0 saturated heterocycles. The fourth-order valence-corrected chi connectivity index (χ4v) is 3.15. The summed E-state index contributed by atoms with van der Waals surface area (Å²) in [6.07, 6.45) is 5.81. The molecular weight excluding hydrogens is 348 g/mol. The lowest BCUT2D eigenvalue weighted by Crippen LogP contribution is -2.18. The maximum Gasteiger partial charge on any atom is 0.232 e. The van der Waals surface area contributed by atoms with Crippen molar-refractivity contribution < 1.29 is 4.79 Å². The smallest absolute Gasteiger partial charge is 0.232 e. The second-order valence-electron chi connectivity index (χ2n) is 5.87. The molecule has 3 heterocycles. The number of amides is 1. The van der Waals surface area contributed by atoms with E-state index in [-0.39, 0.29) is 11.8 Å². The summed E-state index contributed by atoms with van der Waals surface area (Å²) in [5, 5.41) is 16.0. The molecule has 0 radical (unpaired) electrons. The maximum atomic E-state index is 12.4. The Kier molecular flexibility index (Phi) is 3.85. The van der Waals surface area contributed by atoms with E-state index in [0.29, 0.717) is 22.0 Å². The summed E-state index contributed by atoms with van der Waals surface area (Å²) in [5.74, 6) is 1.36. The van der Waals surface area contributed by atoms with Crippen LogP contribution in [0.5, 0.6) is 0 Å². The molecule has 1 atom stereocenters. The number of nitrogens with zero attached hydrogens (tertiary/aromatic N) is 4. The number of rotatable bonds is 5. The first-order valence-corrected chi connectivity index (χ1v) is 8.88. The van der Waals surface area contributed by atoms with Crippen LogP contribution in [-0.4, -0.2) is 30.9 Å². The summed E-state index contributed by atoms with van der Waals surface area (Å²) in [6, 6.07) is 1.91. The molecule has 0 aromatic carbocycles. The number of aromatic amines is 1. The third-order valence-corrected chi connectivity index (χ3v) is 5.01. The van der Waals surface area contributed by atoms with E-state index in [1.54, 1.807) is 17.1 Å². The van der Waals surface area contributed by atoms with Crippen molar-refractivity contribution in [1.82, 2.24) is 25.0 Å². The minimum absolute atomic E-state index is 0.114. The maximum absolute atomic E-state index is 12.4. The number of halogens is 1. The molecule has 0 unspecified atom stereocenters. The van der Waals surface area contributed by atoms with Crippen molar-refractivity contribution in [2.75, 3.05) is 5.32 Å². The second-order valence-corrected chi connectivity index (χ2v) is 7.31. The molecule has 124 valence electrons. The van der Waals surface area contributed by atoms with Crippen LogP contribution in [0.15, 0.2) is 23.8 Å². The van der Waals surface area contributed by atoms with Gasteiger partial charge in [0.15, 0.2) is 10.3 Å². The monoisotopic (exact) mass is 362 g/mol. The zero-order valence-electron chi connectivity index (χ0n) is 12.9. The summed E-state index contributed by atoms with van der Waals surface area (Å²) < 4.78 is 2.07. The van der Waals surface area contributed by atoms with E-state index < -0.39 is 0 Å². The average Bonchev–Trinajstić information content (AvgIpc) is 2.98. The topological polar surface area (TPSA) is 88.5 Å². The SMILES string of the molecule is C[C@@H](C(=O)Nc1cc(C2CC2)n[nH]1)c1cnn(-c2csc(Cl)n2)c1. The van der Waals surface area contributed by atoms with Gasteiger partial charge in [-0.05, 0) is 19.8 Å². The van der Waals surface area contributed by atoms with Gasteiger partial charge in [-0.25, -0.2) is 9.67 Å². The number of aromatic nitrogens is 5. The Labute approximate surface area is 147 Å². The Morgan fingerprint density at radius 3 is 3.08 bits per heavy atom. The molecule has 2 N–H and O–H groups in total. The van der Waals surface area contributed by atoms with Gasteiger partial charge < -0.3 is 5.32 Å². The lowest BCUT2D eigenvalue weighted by atomic mass is 10.0. The largest absolute Gasteiger partial charge is 0.311 e. The minimum Gasteiger partial charge on any atom is -0.311 e. The van der Waals surface area contributed by atoms with Crippen molar-refractivity contribution >= 4 is 34.7 Å². The number of anilines is 1. The zero-order chi connectivity index (χ0) is 16.7. The highest BCUT2D eigenvalue weighted by Gasteiger charge is 2.26. The Bertz CT molecular complexity index is 880. The van der Waals surface area contributed by atoms with Crippen LogP contribution in [-0.2, 0) is 4.79 Å². The van der Waals surface area contributed by atoms with Crippen LogP contribution in [0.3, 0.4) is 0 Å². The van der Waals surface area contributed by atoms with Gasteiger partial charge in [0.25, 0.3) is 0 Å². The van der Waals surface area contributed by atoms with E-state index in [1.165, 1.54) is 24.2 Å². The molecule has 1 fully saturated rings. The average molecular weight is 363 g/mol. The van der Waals surface area contributed by atoms with Gasteiger partial charge in [-0.1, -0.05) is 11.6 Å². The fraction of sp³-hybridized carbons (Fsp3) is 0.333. The molecule has 0 bridgehead atoms. The van der Waals surface area contributed by atoms with Crippen LogP contribution in [0.4, 0.5) is 5.82 Å². The van der Waals surface area contributed by atoms with E-state index >= 15 is 0 Å². The highest BCUT2D eigenvalue weighted by atomic mass is 35.5. The number of carbonyl (C=O) groups excluding carboxylic acids is 1. The summed E-state index contributed by atoms with van der Waals surface area (Å²) in [7, 11) is 0. The summed E-state index contributed by atoms with van der Waals surface area (Å²) in [6.45, 7) is 1.84. The fourth-order valence-electron chi connectivity index (χ4n) is 2.42. The highest BCUT2D eigenvalue weighted by molar-refractivity contribution is 7.14.